The normalized spacial score (nSPS) is 11.7. The molecule has 0 unspecified atom stereocenters. The van der Waals surface area contributed by atoms with E-state index in [9.17, 15) is 13.2 Å². The van der Waals surface area contributed by atoms with Gasteiger partial charge in [0.15, 0.2) is 9.84 Å². The Morgan fingerprint density at radius 2 is 1.87 bits per heavy atom. The molecule has 0 saturated heterocycles. The number of pyridine rings is 1. The molecule has 0 bridgehead atoms. The summed E-state index contributed by atoms with van der Waals surface area (Å²) in [5.41, 5.74) is 12.4. The van der Waals surface area contributed by atoms with Crippen molar-refractivity contribution in [2.24, 2.45) is 5.73 Å². The Morgan fingerprint density at radius 3 is 2.43 bits per heavy atom. The molecule has 6 nitrogen and oxygen atoms in total. The summed E-state index contributed by atoms with van der Waals surface area (Å²) in [5, 5.41) is 0.661. The Bertz CT molecular complexity index is 1020. The van der Waals surface area contributed by atoms with Crippen molar-refractivity contribution in [3.63, 3.8) is 0 Å². The van der Waals surface area contributed by atoms with E-state index in [0.717, 1.165) is 16.7 Å². The molecule has 0 aliphatic carbocycles. The summed E-state index contributed by atoms with van der Waals surface area (Å²) >= 11 is 1.36. The molecule has 0 spiro atoms. The number of primary amides is 1. The molecule has 1 amide bonds. The molecule has 0 radical (unpaired) electrons. The maximum atomic E-state index is 11.5. The van der Waals surface area contributed by atoms with Gasteiger partial charge in [0.05, 0.1) is 15.2 Å². The van der Waals surface area contributed by atoms with Crippen LogP contribution in [0.25, 0.3) is 20.5 Å². The number of aromatic nitrogens is 1. The predicted octanol–water partition coefficient (Wildman–Crippen LogP) is 2.05. The lowest BCUT2D eigenvalue weighted by molar-refractivity contribution is 0.100. The molecule has 23 heavy (non-hydrogen) atoms. The summed E-state index contributed by atoms with van der Waals surface area (Å²) in [6.45, 7) is 0. The van der Waals surface area contributed by atoms with Gasteiger partial charge >= 0.3 is 0 Å². The van der Waals surface area contributed by atoms with E-state index >= 15 is 0 Å². The maximum Gasteiger partial charge on any atom is 0.251 e. The Kier molecular flexibility index (Phi) is 3.57. The van der Waals surface area contributed by atoms with Gasteiger partial charge in [0.25, 0.3) is 5.91 Å². The lowest BCUT2D eigenvalue weighted by Gasteiger charge is -2.00. The highest BCUT2D eigenvalue weighted by Gasteiger charge is 2.15. The summed E-state index contributed by atoms with van der Waals surface area (Å²) in [6, 6.07) is 8.35. The maximum absolute atomic E-state index is 11.5. The van der Waals surface area contributed by atoms with Crippen LogP contribution < -0.4 is 11.5 Å². The molecule has 118 valence electrons. The summed E-state index contributed by atoms with van der Waals surface area (Å²) in [6.07, 6.45) is 2.53. The number of sulfone groups is 1. The quantitative estimate of drug-likeness (QED) is 0.752. The first kappa shape index (κ1) is 15.4. The third-order valence-electron chi connectivity index (χ3n) is 3.42. The van der Waals surface area contributed by atoms with Crippen LogP contribution in [0.4, 0.5) is 5.82 Å². The van der Waals surface area contributed by atoms with Crippen LogP contribution in [0, 0.1) is 0 Å². The van der Waals surface area contributed by atoms with Crippen molar-refractivity contribution in [2.75, 3.05) is 12.0 Å². The number of rotatable bonds is 3. The van der Waals surface area contributed by atoms with Crippen LogP contribution >= 0.6 is 11.3 Å². The minimum Gasteiger partial charge on any atom is -0.383 e. The molecule has 2 aromatic heterocycles. The number of benzene rings is 1. The van der Waals surface area contributed by atoms with Crippen molar-refractivity contribution in [3.05, 3.63) is 42.1 Å². The number of hydrogen-bond donors (Lipinski definition) is 2. The minimum absolute atomic E-state index is 0.251. The summed E-state index contributed by atoms with van der Waals surface area (Å²) in [5.74, 6) is -0.247. The topological polar surface area (TPSA) is 116 Å². The molecular formula is C15H13N3O3S2. The van der Waals surface area contributed by atoms with Crippen LogP contribution in [0.2, 0.25) is 0 Å². The molecule has 4 N–H and O–H groups in total. The van der Waals surface area contributed by atoms with Gasteiger partial charge in [-0.25, -0.2) is 13.4 Å². The van der Waals surface area contributed by atoms with Crippen LogP contribution in [-0.2, 0) is 9.84 Å². The third-order valence-corrected chi connectivity index (χ3v) is 5.76. The van der Waals surface area contributed by atoms with Crippen molar-refractivity contribution >= 4 is 43.0 Å². The number of amides is 1. The number of carbonyl (C=O) groups is 1. The lowest BCUT2D eigenvalue weighted by Crippen LogP contribution is -2.11. The summed E-state index contributed by atoms with van der Waals surface area (Å²) in [7, 11) is -3.24. The summed E-state index contributed by atoms with van der Waals surface area (Å²) < 4.78 is 23.7. The summed E-state index contributed by atoms with van der Waals surface area (Å²) in [4.78, 5) is 16.6. The molecule has 0 aliphatic rings. The first-order chi connectivity index (χ1) is 10.8. The highest BCUT2D eigenvalue weighted by molar-refractivity contribution is 7.90. The first-order valence-corrected chi connectivity index (χ1v) is 9.26. The Morgan fingerprint density at radius 1 is 1.22 bits per heavy atom. The Balaban J connectivity index is 2.16. The number of thiophene rings is 1. The fourth-order valence-corrected chi connectivity index (χ4v) is 4.05. The second-order valence-corrected chi connectivity index (χ2v) is 8.14. The number of nitrogens with zero attached hydrogens (tertiary/aromatic N) is 1. The number of carbonyl (C=O) groups excluding carboxylic acids is 1. The Hall–Kier alpha value is -2.45. The number of hydrogen-bond acceptors (Lipinski definition) is 6. The first-order valence-electron chi connectivity index (χ1n) is 6.55. The van der Waals surface area contributed by atoms with E-state index in [1.807, 2.05) is 6.07 Å². The van der Waals surface area contributed by atoms with Crippen LogP contribution in [0.1, 0.15) is 10.4 Å². The van der Waals surface area contributed by atoms with Gasteiger partial charge in [-0.1, -0.05) is 12.1 Å². The molecule has 0 aliphatic heterocycles. The molecule has 8 heteroatoms. The van der Waals surface area contributed by atoms with E-state index < -0.39 is 15.7 Å². The second kappa shape index (κ2) is 5.32. The zero-order chi connectivity index (χ0) is 16.8. The molecule has 2 heterocycles. The van der Waals surface area contributed by atoms with Crippen LogP contribution in [0.15, 0.2) is 41.4 Å². The van der Waals surface area contributed by atoms with Gasteiger partial charge in [-0.3, -0.25) is 4.79 Å². The predicted molar refractivity (Wildman–Crippen MR) is 91.1 cm³/mol. The van der Waals surface area contributed by atoms with Crippen LogP contribution in [0.3, 0.4) is 0 Å². The van der Waals surface area contributed by atoms with E-state index in [1.54, 1.807) is 24.3 Å². The van der Waals surface area contributed by atoms with Gasteiger partial charge in [0, 0.05) is 22.7 Å². The fraction of sp³-hybridized carbons (Fsp3) is 0.0667. The molecule has 0 atom stereocenters. The van der Waals surface area contributed by atoms with Gasteiger partial charge in [-0.15, -0.1) is 11.3 Å². The van der Waals surface area contributed by atoms with E-state index in [4.69, 9.17) is 11.5 Å². The lowest BCUT2D eigenvalue weighted by atomic mass is 10.1. The Labute approximate surface area is 136 Å². The third kappa shape index (κ3) is 2.78. The average molecular weight is 347 g/mol. The van der Waals surface area contributed by atoms with Crippen molar-refractivity contribution in [3.8, 4) is 10.4 Å². The number of fused-ring (bicyclic) bond motifs is 1. The van der Waals surface area contributed by atoms with E-state index in [2.05, 4.69) is 4.98 Å². The molecule has 0 fully saturated rings. The average Bonchev–Trinajstić information content (AvgIpc) is 2.92. The molecule has 0 saturated carbocycles. The zero-order valence-electron chi connectivity index (χ0n) is 12.1. The van der Waals surface area contributed by atoms with E-state index in [0.29, 0.717) is 21.5 Å². The van der Waals surface area contributed by atoms with E-state index in [1.165, 1.54) is 17.5 Å². The number of nitrogen functional groups attached to an aromatic ring is 1. The fourth-order valence-electron chi connectivity index (χ4n) is 2.23. The zero-order valence-corrected chi connectivity index (χ0v) is 13.7. The van der Waals surface area contributed by atoms with Gasteiger partial charge in [0.1, 0.15) is 5.82 Å². The monoisotopic (exact) mass is 347 g/mol. The van der Waals surface area contributed by atoms with Crippen molar-refractivity contribution in [1.29, 1.82) is 0 Å². The van der Waals surface area contributed by atoms with Crippen molar-refractivity contribution < 1.29 is 13.2 Å². The van der Waals surface area contributed by atoms with E-state index in [-0.39, 0.29) is 4.90 Å². The highest BCUT2D eigenvalue weighted by atomic mass is 32.2. The van der Waals surface area contributed by atoms with Gasteiger partial charge in [-0.2, -0.15) is 0 Å². The minimum atomic E-state index is -3.24. The van der Waals surface area contributed by atoms with Gasteiger partial charge in [0.2, 0.25) is 0 Å². The highest BCUT2D eigenvalue weighted by Crippen LogP contribution is 2.37. The largest absolute Gasteiger partial charge is 0.383 e. The van der Waals surface area contributed by atoms with Crippen molar-refractivity contribution in [1.82, 2.24) is 4.98 Å². The number of nitrogens with two attached hydrogens (primary N) is 2. The number of anilines is 1. The standard InChI is InChI=1S/C15H13N3O3S2/c1-23(20,21)9-4-2-8(3-5-9)12-6-10-13(22-12)11(15(17)19)7-18-14(10)16/h2-7H,1H3,(H2,16,18)(H2,17,19). The smallest absolute Gasteiger partial charge is 0.251 e. The SMILES string of the molecule is CS(=O)(=O)c1ccc(-c2cc3c(N)ncc(C(N)=O)c3s2)cc1. The molecule has 3 aromatic rings. The molecular weight excluding hydrogens is 334 g/mol. The van der Waals surface area contributed by atoms with Crippen LogP contribution in [0.5, 0.6) is 0 Å². The van der Waals surface area contributed by atoms with Crippen LogP contribution in [-0.4, -0.2) is 25.6 Å². The van der Waals surface area contributed by atoms with Gasteiger partial charge < -0.3 is 11.5 Å². The van der Waals surface area contributed by atoms with Crippen molar-refractivity contribution in [2.45, 2.75) is 4.90 Å². The second-order valence-electron chi connectivity index (χ2n) is 5.07. The molecule has 1 aromatic carbocycles. The van der Waals surface area contributed by atoms with Gasteiger partial charge in [-0.05, 0) is 23.8 Å². The molecule has 3 rings (SSSR count).